The summed E-state index contributed by atoms with van der Waals surface area (Å²) >= 11 is 6.12. The smallest absolute Gasteiger partial charge is 0.345 e. The van der Waals surface area contributed by atoms with E-state index in [-0.39, 0.29) is 16.3 Å². The highest BCUT2D eigenvalue weighted by Crippen LogP contribution is 2.28. The molecule has 8 heteroatoms. The van der Waals surface area contributed by atoms with Gasteiger partial charge < -0.3 is 10.1 Å². The second-order valence-electron chi connectivity index (χ2n) is 7.54. The molecular weight excluding hydrogens is 466 g/mol. The molecule has 0 atom stereocenters. The number of nitrogens with zero attached hydrogens (tertiary/aromatic N) is 1. The summed E-state index contributed by atoms with van der Waals surface area (Å²) in [7, 11) is 0. The molecule has 0 aromatic heterocycles. The van der Waals surface area contributed by atoms with Crippen LogP contribution in [0.2, 0.25) is 5.02 Å². The molecule has 0 heterocycles. The second-order valence-corrected chi connectivity index (χ2v) is 7.94. The van der Waals surface area contributed by atoms with E-state index < -0.39 is 17.8 Å². The van der Waals surface area contributed by atoms with Gasteiger partial charge in [0.05, 0.1) is 16.8 Å². The molecule has 0 aliphatic heterocycles. The molecule has 7 nitrogen and oxygen atoms in total. The lowest BCUT2D eigenvalue weighted by Crippen LogP contribution is -2.32. The van der Waals surface area contributed by atoms with E-state index in [1.807, 2.05) is 43.3 Å². The summed E-state index contributed by atoms with van der Waals surface area (Å²) < 4.78 is 5.61. The van der Waals surface area contributed by atoms with Crippen molar-refractivity contribution < 1.29 is 19.1 Å². The maximum atomic E-state index is 12.7. The number of nitrogens with one attached hydrogen (secondary N) is 2. The summed E-state index contributed by atoms with van der Waals surface area (Å²) in [6.45, 7) is 1.82. The molecule has 2 N–H and O–H groups in total. The molecule has 2 amide bonds. The van der Waals surface area contributed by atoms with Gasteiger partial charge in [0.2, 0.25) is 0 Å². The molecule has 0 radical (unpaired) electrons. The summed E-state index contributed by atoms with van der Waals surface area (Å²) in [6, 6.07) is 24.5. The van der Waals surface area contributed by atoms with Gasteiger partial charge in [-0.1, -0.05) is 72.3 Å². The molecule has 0 fully saturated rings. The van der Waals surface area contributed by atoms with Crippen LogP contribution in [0.3, 0.4) is 0 Å². The SMILES string of the molecule is Cc1ccccc1NC(=O)C(=O)N/N=C/c1c(OC(=O)c2ccccc2Cl)ccc2ccccc12. The van der Waals surface area contributed by atoms with Crippen LogP contribution in [0.1, 0.15) is 21.5 Å². The molecule has 0 bridgehead atoms. The largest absolute Gasteiger partial charge is 0.422 e. The lowest BCUT2D eigenvalue weighted by Gasteiger charge is -2.11. The summed E-state index contributed by atoms with van der Waals surface area (Å²) in [5, 5.41) is 8.35. The minimum atomic E-state index is -0.945. The maximum Gasteiger partial charge on any atom is 0.345 e. The highest BCUT2D eigenvalue weighted by Gasteiger charge is 2.17. The van der Waals surface area contributed by atoms with Crippen LogP contribution in [-0.2, 0) is 9.59 Å². The number of amides is 2. The van der Waals surface area contributed by atoms with E-state index in [0.29, 0.717) is 11.3 Å². The van der Waals surface area contributed by atoms with E-state index in [1.165, 1.54) is 6.21 Å². The number of esters is 1. The molecule has 174 valence electrons. The number of fused-ring (bicyclic) bond motifs is 1. The Hall–Kier alpha value is -4.49. The number of hydrogen-bond acceptors (Lipinski definition) is 5. The molecule has 4 aromatic carbocycles. The van der Waals surface area contributed by atoms with Gasteiger partial charge in [-0.25, -0.2) is 10.2 Å². The Balaban J connectivity index is 1.56. The van der Waals surface area contributed by atoms with Crippen LogP contribution in [0, 0.1) is 6.92 Å². The first-order valence-electron chi connectivity index (χ1n) is 10.6. The van der Waals surface area contributed by atoms with E-state index in [4.69, 9.17) is 16.3 Å². The molecule has 4 aromatic rings. The van der Waals surface area contributed by atoms with Crippen molar-refractivity contribution in [1.82, 2.24) is 5.43 Å². The minimum Gasteiger partial charge on any atom is -0.422 e. The first-order valence-corrected chi connectivity index (χ1v) is 11.0. The zero-order valence-corrected chi connectivity index (χ0v) is 19.4. The van der Waals surface area contributed by atoms with Crippen molar-refractivity contribution in [3.63, 3.8) is 0 Å². The summed E-state index contributed by atoms with van der Waals surface area (Å²) in [4.78, 5) is 37.2. The number of hydrazone groups is 1. The van der Waals surface area contributed by atoms with Crippen molar-refractivity contribution in [3.8, 4) is 5.75 Å². The quantitative estimate of drug-likeness (QED) is 0.135. The Morgan fingerprint density at radius 2 is 1.57 bits per heavy atom. The zero-order chi connectivity index (χ0) is 24.8. The van der Waals surface area contributed by atoms with Gasteiger partial charge in [-0.15, -0.1) is 0 Å². The standard InChI is InChI=1S/C27H20ClN3O4/c1-17-8-2-7-13-23(17)30-25(32)26(33)31-29-16-21-19-10-4-3-9-18(19)14-15-24(21)35-27(34)20-11-5-6-12-22(20)28/h2-16H,1H3,(H,30,32)(H,31,33)/b29-16+. The molecule has 0 saturated carbocycles. The zero-order valence-electron chi connectivity index (χ0n) is 18.6. The van der Waals surface area contributed by atoms with E-state index in [2.05, 4.69) is 15.8 Å². The number of halogens is 1. The third kappa shape index (κ3) is 5.54. The monoisotopic (exact) mass is 485 g/mol. The van der Waals surface area contributed by atoms with E-state index in [1.54, 1.807) is 48.5 Å². The number of carbonyl (C=O) groups excluding carboxylic acids is 3. The highest BCUT2D eigenvalue weighted by atomic mass is 35.5. The van der Waals surface area contributed by atoms with E-state index in [9.17, 15) is 14.4 Å². The van der Waals surface area contributed by atoms with Crippen molar-refractivity contribution in [2.45, 2.75) is 6.92 Å². The Kier molecular flexibility index (Phi) is 7.18. The fourth-order valence-electron chi connectivity index (χ4n) is 3.38. The van der Waals surface area contributed by atoms with Gasteiger partial charge in [-0.2, -0.15) is 5.10 Å². The lowest BCUT2D eigenvalue weighted by atomic mass is 10.0. The Morgan fingerprint density at radius 1 is 0.857 bits per heavy atom. The average molecular weight is 486 g/mol. The van der Waals surface area contributed by atoms with Gasteiger partial charge in [0.1, 0.15) is 5.75 Å². The van der Waals surface area contributed by atoms with Gasteiger partial charge in [0.25, 0.3) is 0 Å². The predicted molar refractivity (Wildman–Crippen MR) is 136 cm³/mol. The second kappa shape index (κ2) is 10.6. The molecule has 0 saturated heterocycles. The summed E-state index contributed by atoms with van der Waals surface area (Å²) in [5.41, 5.74) is 4.22. The van der Waals surface area contributed by atoms with Crippen molar-refractivity contribution in [2.75, 3.05) is 5.32 Å². The van der Waals surface area contributed by atoms with Crippen LogP contribution < -0.4 is 15.5 Å². The van der Waals surface area contributed by atoms with Crippen molar-refractivity contribution in [3.05, 3.63) is 107 Å². The van der Waals surface area contributed by atoms with Crippen molar-refractivity contribution in [1.29, 1.82) is 0 Å². The Labute approximate surface area is 206 Å². The van der Waals surface area contributed by atoms with Gasteiger partial charge >= 0.3 is 17.8 Å². The fourth-order valence-corrected chi connectivity index (χ4v) is 3.59. The van der Waals surface area contributed by atoms with Crippen LogP contribution in [0.25, 0.3) is 10.8 Å². The van der Waals surface area contributed by atoms with Gasteiger partial charge in [0, 0.05) is 11.3 Å². The molecule has 0 aliphatic carbocycles. The highest BCUT2D eigenvalue weighted by molar-refractivity contribution is 6.39. The molecular formula is C27H20ClN3O4. The Morgan fingerprint density at radius 3 is 2.37 bits per heavy atom. The molecule has 0 spiro atoms. The number of ether oxygens (including phenoxy) is 1. The fraction of sp³-hybridized carbons (Fsp3) is 0.0370. The summed E-state index contributed by atoms with van der Waals surface area (Å²) in [5.74, 6) is -2.22. The third-order valence-corrected chi connectivity index (χ3v) is 5.52. The third-order valence-electron chi connectivity index (χ3n) is 5.19. The number of anilines is 1. The number of rotatable bonds is 5. The average Bonchev–Trinajstić information content (AvgIpc) is 2.86. The normalized spacial score (nSPS) is 10.8. The van der Waals surface area contributed by atoms with Crippen LogP contribution in [-0.4, -0.2) is 24.0 Å². The number of aryl methyl sites for hydroxylation is 1. The van der Waals surface area contributed by atoms with Gasteiger partial charge in [-0.05, 0) is 47.5 Å². The topological polar surface area (TPSA) is 96.9 Å². The number of para-hydroxylation sites is 1. The molecule has 0 aliphatic rings. The molecule has 4 rings (SSSR count). The summed E-state index contributed by atoms with van der Waals surface area (Å²) in [6.07, 6.45) is 1.33. The van der Waals surface area contributed by atoms with Crippen LogP contribution in [0.5, 0.6) is 5.75 Å². The number of carbonyl (C=O) groups is 3. The molecule has 0 unspecified atom stereocenters. The lowest BCUT2D eigenvalue weighted by molar-refractivity contribution is -0.136. The maximum absolute atomic E-state index is 12.7. The van der Waals surface area contributed by atoms with E-state index >= 15 is 0 Å². The number of benzene rings is 4. The van der Waals surface area contributed by atoms with Gasteiger partial charge in [0.15, 0.2) is 0 Å². The van der Waals surface area contributed by atoms with Crippen LogP contribution >= 0.6 is 11.6 Å². The van der Waals surface area contributed by atoms with Gasteiger partial charge in [-0.3, -0.25) is 9.59 Å². The predicted octanol–water partition coefficient (Wildman–Crippen LogP) is 5.11. The van der Waals surface area contributed by atoms with Crippen LogP contribution in [0.4, 0.5) is 5.69 Å². The van der Waals surface area contributed by atoms with Crippen molar-refractivity contribution in [2.24, 2.45) is 5.10 Å². The molecule has 35 heavy (non-hydrogen) atoms. The first-order chi connectivity index (χ1) is 16.9. The van der Waals surface area contributed by atoms with E-state index in [0.717, 1.165) is 16.3 Å². The Bertz CT molecular complexity index is 1470. The minimum absolute atomic E-state index is 0.214. The van der Waals surface area contributed by atoms with Crippen LogP contribution in [0.15, 0.2) is 90.0 Å². The van der Waals surface area contributed by atoms with Crippen molar-refractivity contribution >= 4 is 52.1 Å². The number of hydrogen-bond donors (Lipinski definition) is 2. The first kappa shape index (κ1) is 23.7.